The predicted molar refractivity (Wildman–Crippen MR) is 112 cm³/mol. The van der Waals surface area contributed by atoms with Crippen LogP contribution in [0.15, 0.2) is 21.9 Å². The van der Waals surface area contributed by atoms with Crippen molar-refractivity contribution in [2.75, 3.05) is 39.8 Å². The van der Waals surface area contributed by atoms with Gasteiger partial charge in [0.2, 0.25) is 5.91 Å². The summed E-state index contributed by atoms with van der Waals surface area (Å²) in [6.07, 6.45) is -4.28. The van der Waals surface area contributed by atoms with Crippen molar-refractivity contribution in [1.29, 1.82) is 0 Å². The second-order valence-corrected chi connectivity index (χ2v) is 7.55. The molecule has 1 saturated heterocycles. The number of alkyl halides is 3. The van der Waals surface area contributed by atoms with Crippen LogP contribution in [0.3, 0.4) is 0 Å². The number of ether oxygens (including phenoxy) is 1. The molecule has 190 valence electrons. The number of amides is 2. The molecule has 0 saturated carbocycles. The lowest BCUT2D eigenvalue weighted by molar-refractivity contribution is -0.173. The van der Waals surface area contributed by atoms with Gasteiger partial charge in [-0.1, -0.05) is 0 Å². The molecule has 2 amide bonds. The zero-order valence-electron chi connectivity index (χ0n) is 18.2. The number of halogens is 3. The summed E-state index contributed by atoms with van der Waals surface area (Å²) in [5, 5.41) is 23.3. The molecule has 12 nitrogen and oxygen atoms in total. The van der Waals surface area contributed by atoms with Crippen molar-refractivity contribution in [3.8, 4) is 0 Å². The molecule has 0 spiro atoms. The molecule has 1 aliphatic rings. The van der Waals surface area contributed by atoms with Crippen molar-refractivity contribution < 1.29 is 37.7 Å². The van der Waals surface area contributed by atoms with Crippen LogP contribution in [-0.2, 0) is 14.3 Å². The number of aliphatic hydroxyl groups excluding tert-OH is 2. The number of carbonyl (C=O) groups is 2. The molecule has 0 aromatic carbocycles. The van der Waals surface area contributed by atoms with Gasteiger partial charge in [0.15, 0.2) is 0 Å². The maximum Gasteiger partial charge on any atom is 0.471 e. The topological polar surface area (TPSA) is 166 Å². The Labute approximate surface area is 191 Å². The van der Waals surface area contributed by atoms with Crippen molar-refractivity contribution >= 4 is 17.9 Å². The number of carbonyl (C=O) groups excluding carboxylic acids is 2. The fourth-order valence-corrected chi connectivity index (χ4v) is 3.05. The molecule has 0 radical (unpaired) electrons. The molecule has 2 rings (SSSR count). The molecule has 0 unspecified atom stereocenters. The third-order valence-electron chi connectivity index (χ3n) is 4.93. The van der Waals surface area contributed by atoms with Crippen LogP contribution in [0.4, 0.5) is 13.2 Å². The fourth-order valence-electron chi connectivity index (χ4n) is 3.05. The second-order valence-electron chi connectivity index (χ2n) is 7.55. The minimum atomic E-state index is -4.94. The molecular formula is C19H26F3N5O7. The molecule has 1 aromatic heterocycles. The Morgan fingerprint density at radius 1 is 1.29 bits per heavy atom. The SMILES string of the molecule is CN(CCNC(=O)C=Cc1cn([C@H]2C[C@H](O)[C@@H](CO)O2)c(=O)[nH]c1=O)CCNC(=O)C(F)(F)F. The largest absolute Gasteiger partial charge is 0.471 e. The molecular weight excluding hydrogens is 467 g/mol. The van der Waals surface area contributed by atoms with Gasteiger partial charge in [-0.15, -0.1) is 0 Å². The van der Waals surface area contributed by atoms with Crippen LogP contribution in [-0.4, -0.2) is 94.7 Å². The van der Waals surface area contributed by atoms with Gasteiger partial charge >= 0.3 is 17.8 Å². The smallest absolute Gasteiger partial charge is 0.394 e. The molecule has 2 heterocycles. The highest BCUT2D eigenvalue weighted by molar-refractivity contribution is 5.91. The number of hydrogen-bond acceptors (Lipinski definition) is 8. The molecule has 34 heavy (non-hydrogen) atoms. The number of hydrogen-bond donors (Lipinski definition) is 5. The minimum Gasteiger partial charge on any atom is -0.394 e. The van der Waals surface area contributed by atoms with Gasteiger partial charge in [-0.25, -0.2) is 4.79 Å². The number of H-pyrrole nitrogens is 1. The van der Waals surface area contributed by atoms with Crippen LogP contribution in [0, 0.1) is 0 Å². The third-order valence-corrected chi connectivity index (χ3v) is 4.93. The fraction of sp³-hybridized carbons (Fsp3) is 0.579. The van der Waals surface area contributed by atoms with Crippen LogP contribution in [0.5, 0.6) is 0 Å². The molecule has 1 aromatic rings. The van der Waals surface area contributed by atoms with Crippen molar-refractivity contribution in [2.45, 2.75) is 31.0 Å². The first kappa shape index (κ1) is 27.2. The summed E-state index contributed by atoms with van der Waals surface area (Å²) in [6, 6.07) is 0. The zero-order chi connectivity index (χ0) is 25.5. The van der Waals surface area contributed by atoms with Gasteiger partial charge in [0.25, 0.3) is 5.56 Å². The normalized spacial score (nSPS) is 20.7. The number of rotatable bonds is 10. The molecule has 1 fully saturated rings. The summed E-state index contributed by atoms with van der Waals surface area (Å²) < 4.78 is 42.8. The first-order valence-corrected chi connectivity index (χ1v) is 10.2. The quantitative estimate of drug-likeness (QED) is 0.232. The highest BCUT2D eigenvalue weighted by Gasteiger charge is 2.38. The standard InChI is InChI=1S/C19H26F3N5O7/c1-26(7-5-24-17(32)19(20,21)22)6-4-23-14(30)3-2-11-9-27(18(33)25-16(11)31)15-8-12(29)13(10-28)34-15/h2-3,9,12-13,15,28-29H,4-8,10H2,1H3,(H,23,30)(H,24,32)(H,25,31,33)/t12-,13+,15+/m0/s1. The van der Waals surface area contributed by atoms with Crippen molar-refractivity contribution in [2.24, 2.45) is 0 Å². The molecule has 0 aliphatic carbocycles. The third kappa shape index (κ3) is 7.79. The average Bonchev–Trinajstić information content (AvgIpc) is 3.12. The Hall–Kier alpha value is -3.01. The van der Waals surface area contributed by atoms with E-state index in [4.69, 9.17) is 9.84 Å². The van der Waals surface area contributed by atoms with Gasteiger partial charge in [0.05, 0.1) is 18.3 Å². The summed E-state index contributed by atoms with van der Waals surface area (Å²) in [5.41, 5.74) is -1.56. The van der Waals surface area contributed by atoms with E-state index in [0.717, 1.165) is 10.6 Å². The Bertz CT molecular complexity index is 1010. The Balaban J connectivity index is 1.85. The molecule has 0 bridgehead atoms. The molecule has 15 heteroatoms. The number of aromatic amines is 1. The summed E-state index contributed by atoms with van der Waals surface area (Å²) >= 11 is 0. The highest BCUT2D eigenvalue weighted by Crippen LogP contribution is 2.27. The highest BCUT2D eigenvalue weighted by atomic mass is 19.4. The number of likely N-dealkylation sites (N-methyl/N-ethyl adjacent to an activating group) is 1. The maximum absolute atomic E-state index is 12.1. The van der Waals surface area contributed by atoms with Crippen LogP contribution in [0.1, 0.15) is 18.2 Å². The lowest BCUT2D eigenvalue weighted by Gasteiger charge is -2.17. The molecule has 1 aliphatic heterocycles. The van der Waals surface area contributed by atoms with E-state index >= 15 is 0 Å². The van der Waals surface area contributed by atoms with E-state index < -0.39 is 54.3 Å². The van der Waals surface area contributed by atoms with E-state index in [1.807, 2.05) is 0 Å². The Morgan fingerprint density at radius 3 is 2.53 bits per heavy atom. The summed E-state index contributed by atoms with van der Waals surface area (Å²) in [6.45, 7) is -0.124. The van der Waals surface area contributed by atoms with Gasteiger partial charge in [-0.3, -0.25) is 23.9 Å². The van der Waals surface area contributed by atoms with Crippen molar-refractivity contribution in [3.05, 3.63) is 38.7 Å². The van der Waals surface area contributed by atoms with Gasteiger partial charge in [-0.2, -0.15) is 13.2 Å². The molecule has 3 atom stereocenters. The van der Waals surface area contributed by atoms with Crippen LogP contribution in [0.25, 0.3) is 6.08 Å². The lowest BCUT2D eigenvalue weighted by Crippen LogP contribution is -2.41. The number of nitrogens with one attached hydrogen (secondary N) is 3. The first-order chi connectivity index (χ1) is 15.9. The maximum atomic E-state index is 12.1. The number of nitrogens with zero attached hydrogens (tertiary/aromatic N) is 2. The predicted octanol–water partition coefficient (Wildman–Crippen LogP) is -2.08. The van der Waals surface area contributed by atoms with Crippen LogP contribution in [0.2, 0.25) is 0 Å². The minimum absolute atomic E-state index is 0.0220. The Kier molecular flexibility index (Phi) is 9.55. The van der Waals surface area contributed by atoms with E-state index in [-0.39, 0.29) is 38.2 Å². The van der Waals surface area contributed by atoms with Gasteiger partial charge in [-0.05, 0) is 13.1 Å². The second kappa shape index (κ2) is 11.9. The van der Waals surface area contributed by atoms with E-state index in [1.165, 1.54) is 12.3 Å². The Morgan fingerprint density at radius 2 is 1.94 bits per heavy atom. The first-order valence-electron chi connectivity index (χ1n) is 10.2. The summed E-state index contributed by atoms with van der Waals surface area (Å²) in [5.74, 6) is -2.59. The van der Waals surface area contributed by atoms with Gasteiger partial charge < -0.3 is 30.5 Å². The number of aliphatic hydroxyl groups is 2. The van der Waals surface area contributed by atoms with E-state index in [9.17, 15) is 37.5 Å². The number of aromatic nitrogens is 2. The zero-order valence-corrected chi connectivity index (χ0v) is 18.2. The van der Waals surface area contributed by atoms with Crippen LogP contribution >= 0.6 is 0 Å². The van der Waals surface area contributed by atoms with Gasteiger partial charge in [0.1, 0.15) is 12.3 Å². The van der Waals surface area contributed by atoms with Crippen LogP contribution < -0.4 is 21.9 Å². The van der Waals surface area contributed by atoms with E-state index in [1.54, 1.807) is 17.3 Å². The van der Waals surface area contributed by atoms with Crippen molar-refractivity contribution in [1.82, 2.24) is 25.1 Å². The average molecular weight is 493 g/mol. The van der Waals surface area contributed by atoms with E-state index in [2.05, 4.69) is 10.3 Å². The summed E-state index contributed by atoms with van der Waals surface area (Å²) in [7, 11) is 1.59. The lowest BCUT2D eigenvalue weighted by atomic mass is 10.2. The van der Waals surface area contributed by atoms with Crippen molar-refractivity contribution in [3.63, 3.8) is 0 Å². The van der Waals surface area contributed by atoms with E-state index in [0.29, 0.717) is 0 Å². The molecule has 5 N–H and O–H groups in total. The van der Waals surface area contributed by atoms with Gasteiger partial charge in [0, 0.05) is 44.9 Å². The summed E-state index contributed by atoms with van der Waals surface area (Å²) in [4.78, 5) is 50.5. The monoisotopic (exact) mass is 493 g/mol.